The van der Waals surface area contributed by atoms with Crippen molar-refractivity contribution in [1.82, 2.24) is 19.8 Å². The molecule has 6 heteroatoms. The third-order valence-corrected chi connectivity index (χ3v) is 6.49. The number of para-hydroxylation sites is 1. The Morgan fingerprint density at radius 3 is 2.39 bits per heavy atom. The van der Waals surface area contributed by atoms with Gasteiger partial charge in [-0.2, -0.15) is 0 Å². The van der Waals surface area contributed by atoms with Gasteiger partial charge in [0.05, 0.1) is 24.9 Å². The van der Waals surface area contributed by atoms with Crippen molar-refractivity contribution in [2.24, 2.45) is 0 Å². The third-order valence-electron chi connectivity index (χ3n) is 6.13. The lowest BCUT2D eigenvalue weighted by atomic mass is 10.0. The summed E-state index contributed by atoms with van der Waals surface area (Å²) in [6.07, 6.45) is 1.84. The van der Waals surface area contributed by atoms with E-state index in [2.05, 4.69) is 81.3 Å². The normalized spacial score (nSPS) is 17.8. The first-order valence-corrected chi connectivity index (χ1v) is 11.4. The fraction of sp³-hybridized carbons (Fsp3) is 0.185. The van der Waals surface area contributed by atoms with E-state index in [1.54, 1.807) is 7.11 Å². The molecule has 0 aliphatic carbocycles. The van der Waals surface area contributed by atoms with Gasteiger partial charge in [-0.25, -0.2) is 0 Å². The second-order valence-corrected chi connectivity index (χ2v) is 8.56. The number of thiocarbonyl (C=S) groups is 1. The van der Waals surface area contributed by atoms with Gasteiger partial charge in [0.1, 0.15) is 5.75 Å². The molecule has 3 heterocycles. The van der Waals surface area contributed by atoms with Crippen molar-refractivity contribution in [3.05, 3.63) is 114 Å². The molecule has 0 spiro atoms. The fourth-order valence-electron chi connectivity index (χ4n) is 4.54. The Labute approximate surface area is 199 Å². The Hall–Kier alpha value is -3.64. The zero-order chi connectivity index (χ0) is 22.8. The van der Waals surface area contributed by atoms with Crippen molar-refractivity contribution in [2.45, 2.75) is 25.6 Å². The van der Waals surface area contributed by atoms with Crippen LogP contribution in [0.5, 0.6) is 5.75 Å². The zero-order valence-corrected chi connectivity index (χ0v) is 19.5. The van der Waals surface area contributed by atoms with Gasteiger partial charge in [-0.05, 0) is 73.2 Å². The second kappa shape index (κ2) is 9.08. The van der Waals surface area contributed by atoms with Crippen LogP contribution in [0.15, 0.2) is 91.1 Å². The van der Waals surface area contributed by atoms with Gasteiger partial charge in [0, 0.05) is 29.8 Å². The van der Waals surface area contributed by atoms with Crippen LogP contribution in [-0.4, -0.2) is 26.7 Å². The molecule has 1 fully saturated rings. The molecule has 5 nitrogen and oxygen atoms in total. The van der Waals surface area contributed by atoms with Crippen LogP contribution in [0.25, 0.3) is 5.69 Å². The van der Waals surface area contributed by atoms with Crippen LogP contribution >= 0.6 is 12.2 Å². The quantitative estimate of drug-likeness (QED) is 0.397. The molecule has 2 aromatic heterocycles. The van der Waals surface area contributed by atoms with Gasteiger partial charge in [0.15, 0.2) is 5.11 Å². The summed E-state index contributed by atoms with van der Waals surface area (Å²) in [5.41, 5.74) is 5.63. The summed E-state index contributed by atoms with van der Waals surface area (Å²) in [6.45, 7) is 2.82. The Kier molecular flexibility index (Phi) is 5.84. The van der Waals surface area contributed by atoms with Crippen molar-refractivity contribution in [2.75, 3.05) is 7.11 Å². The van der Waals surface area contributed by atoms with Crippen molar-refractivity contribution in [1.29, 1.82) is 0 Å². The molecule has 33 heavy (non-hydrogen) atoms. The molecule has 0 saturated carbocycles. The number of nitrogens with zero attached hydrogens (tertiary/aromatic N) is 3. The Bertz CT molecular complexity index is 1240. The molecule has 0 bridgehead atoms. The molecule has 2 aromatic carbocycles. The van der Waals surface area contributed by atoms with Crippen LogP contribution < -0.4 is 10.1 Å². The van der Waals surface area contributed by atoms with E-state index in [-0.39, 0.29) is 12.1 Å². The van der Waals surface area contributed by atoms with Crippen LogP contribution in [-0.2, 0) is 6.54 Å². The summed E-state index contributed by atoms with van der Waals surface area (Å²) < 4.78 is 7.65. The molecule has 0 radical (unpaired) electrons. The number of pyridine rings is 1. The Morgan fingerprint density at radius 2 is 1.70 bits per heavy atom. The first-order valence-electron chi connectivity index (χ1n) is 11.0. The molecule has 1 aliphatic rings. The molecule has 1 saturated heterocycles. The molecular weight excluding hydrogens is 428 g/mol. The minimum atomic E-state index is -0.0614. The van der Waals surface area contributed by atoms with E-state index in [0.717, 1.165) is 22.2 Å². The van der Waals surface area contributed by atoms with E-state index in [4.69, 9.17) is 17.0 Å². The van der Waals surface area contributed by atoms with Crippen LogP contribution in [0.3, 0.4) is 0 Å². The number of ether oxygens (including phenoxy) is 1. The maximum atomic E-state index is 5.86. The number of hydrogen-bond donors (Lipinski definition) is 1. The number of aryl methyl sites for hydroxylation is 1. The van der Waals surface area contributed by atoms with Gasteiger partial charge < -0.3 is 19.5 Å². The molecule has 166 valence electrons. The average molecular weight is 455 g/mol. The van der Waals surface area contributed by atoms with Gasteiger partial charge in [0.25, 0.3) is 0 Å². The highest BCUT2D eigenvalue weighted by atomic mass is 32.1. The number of hydrogen-bond acceptors (Lipinski definition) is 3. The first kappa shape index (κ1) is 21.2. The average Bonchev–Trinajstić information content (AvgIpc) is 3.40. The smallest absolute Gasteiger partial charge is 0.170 e. The molecular formula is C27H26N4OS. The molecule has 4 aromatic rings. The SMILES string of the molecule is COc1ccc(CN2C(=S)N[C@@H](c3ccccn3)[C@@H]2c2ccc(C)n2-c2ccccc2)cc1. The zero-order valence-electron chi connectivity index (χ0n) is 18.7. The first-order chi connectivity index (χ1) is 16.2. The lowest BCUT2D eigenvalue weighted by molar-refractivity contribution is 0.302. The van der Waals surface area contributed by atoms with E-state index in [9.17, 15) is 0 Å². The molecule has 5 rings (SSSR count). The van der Waals surface area contributed by atoms with E-state index in [1.807, 2.05) is 36.5 Å². The van der Waals surface area contributed by atoms with Crippen molar-refractivity contribution in [3.8, 4) is 11.4 Å². The van der Waals surface area contributed by atoms with Crippen LogP contribution in [0.1, 0.15) is 34.7 Å². The van der Waals surface area contributed by atoms with Gasteiger partial charge in [-0.1, -0.05) is 36.4 Å². The number of methoxy groups -OCH3 is 1. The monoisotopic (exact) mass is 454 g/mol. The van der Waals surface area contributed by atoms with Gasteiger partial charge >= 0.3 is 0 Å². The number of benzene rings is 2. The number of rotatable bonds is 6. The summed E-state index contributed by atoms with van der Waals surface area (Å²) in [5.74, 6) is 0.845. The second-order valence-electron chi connectivity index (χ2n) is 8.17. The largest absolute Gasteiger partial charge is 0.497 e. The minimum Gasteiger partial charge on any atom is -0.497 e. The van der Waals surface area contributed by atoms with Crippen LogP contribution in [0, 0.1) is 6.92 Å². The summed E-state index contributed by atoms with van der Waals surface area (Å²) in [7, 11) is 1.68. The highest BCUT2D eigenvalue weighted by Crippen LogP contribution is 2.41. The summed E-state index contributed by atoms with van der Waals surface area (Å²) in [6, 6.07) is 28.9. The maximum Gasteiger partial charge on any atom is 0.170 e. The minimum absolute atomic E-state index is 0.0246. The van der Waals surface area contributed by atoms with E-state index >= 15 is 0 Å². The van der Waals surface area contributed by atoms with E-state index in [0.29, 0.717) is 6.54 Å². The topological polar surface area (TPSA) is 42.3 Å². The molecule has 1 aliphatic heterocycles. The van der Waals surface area contributed by atoms with E-state index in [1.165, 1.54) is 17.0 Å². The van der Waals surface area contributed by atoms with Crippen molar-refractivity contribution in [3.63, 3.8) is 0 Å². The summed E-state index contributed by atoms with van der Waals surface area (Å²) >= 11 is 5.86. The lowest BCUT2D eigenvalue weighted by Crippen LogP contribution is -2.30. The molecule has 1 N–H and O–H groups in total. The van der Waals surface area contributed by atoms with Crippen LogP contribution in [0.4, 0.5) is 0 Å². The predicted octanol–water partition coefficient (Wildman–Crippen LogP) is 5.36. The standard InChI is InChI=1S/C27H26N4OS/c1-19-11-16-24(31(19)21-8-4-3-5-9-21)26-25(23-10-6-7-17-28-23)29-27(33)30(26)18-20-12-14-22(32-2)15-13-20/h3-17,25-26H,18H2,1-2H3,(H,29,33)/t25-,26-/m0/s1. The van der Waals surface area contributed by atoms with Crippen molar-refractivity contribution < 1.29 is 4.74 Å². The van der Waals surface area contributed by atoms with E-state index < -0.39 is 0 Å². The van der Waals surface area contributed by atoms with Crippen LogP contribution in [0.2, 0.25) is 0 Å². The highest BCUT2D eigenvalue weighted by Gasteiger charge is 2.41. The van der Waals surface area contributed by atoms with Gasteiger partial charge in [-0.3, -0.25) is 4.98 Å². The number of nitrogens with one attached hydrogen (secondary N) is 1. The Morgan fingerprint density at radius 1 is 0.939 bits per heavy atom. The summed E-state index contributed by atoms with van der Waals surface area (Å²) in [5, 5.41) is 4.28. The lowest BCUT2D eigenvalue weighted by Gasteiger charge is -2.29. The summed E-state index contributed by atoms with van der Waals surface area (Å²) in [4.78, 5) is 6.94. The Balaban J connectivity index is 1.60. The van der Waals surface area contributed by atoms with Crippen molar-refractivity contribution >= 4 is 17.3 Å². The molecule has 2 atom stereocenters. The van der Waals surface area contributed by atoms with Gasteiger partial charge in [0.2, 0.25) is 0 Å². The number of aromatic nitrogens is 2. The highest BCUT2D eigenvalue weighted by molar-refractivity contribution is 7.80. The maximum absolute atomic E-state index is 5.86. The third kappa shape index (κ3) is 4.10. The van der Waals surface area contributed by atoms with Gasteiger partial charge in [-0.15, -0.1) is 0 Å². The predicted molar refractivity (Wildman–Crippen MR) is 134 cm³/mol. The fourth-order valence-corrected chi connectivity index (χ4v) is 4.85. The molecule has 0 amide bonds. The molecule has 0 unspecified atom stereocenters.